The molecule has 8 N–H and O–H groups in total. The summed E-state index contributed by atoms with van der Waals surface area (Å²) in [5, 5.41) is 10.8. The maximum atomic E-state index is 13.2. The van der Waals surface area contributed by atoms with E-state index in [9.17, 15) is 24.0 Å². The van der Waals surface area contributed by atoms with Crippen molar-refractivity contribution in [3.63, 3.8) is 0 Å². The number of urea groups is 1. The van der Waals surface area contributed by atoms with Gasteiger partial charge < -0.3 is 32.7 Å². The van der Waals surface area contributed by atoms with E-state index in [1.54, 1.807) is 55.4 Å². The highest BCUT2D eigenvalue weighted by molar-refractivity contribution is 5.96. The minimum atomic E-state index is -0.927. The molecular weight excluding hydrogens is 464 g/mol. The molecule has 0 fully saturated rings. The molecule has 11 heteroatoms. The number of amides is 5. The quantitative estimate of drug-likeness (QED) is 0.188. The van der Waals surface area contributed by atoms with Gasteiger partial charge in [-0.15, -0.1) is 0 Å². The Labute approximate surface area is 215 Å². The van der Waals surface area contributed by atoms with Crippen LogP contribution in [0.4, 0.5) is 4.79 Å². The molecule has 0 aromatic heterocycles. The number of carbonyl (C=O) groups excluding carboxylic acids is 5. The Balaban J connectivity index is 5.61. The molecule has 0 radical (unpaired) electrons. The molecule has 0 unspecified atom stereocenters. The van der Waals surface area contributed by atoms with Gasteiger partial charge in [0.1, 0.15) is 12.1 Å². The van der Waals surface area contributed by atoms with Crippen molar-refractivity contribution >= 4 is 29.5 Å². The topological polar surface area (TPSA) is 186 Å². The lowest BCUT2D eigenvalue weighted by Gasteiger charge is -2.30. The van der Waals surface area contributed by atoms with Gasteiger partial charge in [-0.1, -0.05) is 55.4 Å². The van der Waals surface area contributed by atoms with E-state index in [0.29, 0.717) is 32.2 Å². The minimum Gasteiger partial charge on any atom is -0.352 e. The van der Waals surface area contributed by atoms with Crippen LogP contribution in [0.25, 0.3) is 0 Å². The van der Waals surface area contributed by atoms with E-state index in [1.807, 2.05) is 0 Å². The summed E-state index contributed by atoms with van der Waals surface area (Å²) in [5.74, 6) is -1.72. The van der Waals surface area contributed by atoms with Crippen LogP contribution < -0.4 is 32.7 Å². The fourth-order valence-electron chi connectivity index (χ4n) is 3.33. The molecule has 0 heterocycles. The summed E-state index contributed by atoms with van der Waals surface area (Å²) in [5.41, 5.74) is 9.29. The molecule has 0 saturated heterocycles. The molecule has 0 aromatic rings. The van der Waals surface area contributed by atoms with Crippen LogP contribution in [0.3, 0.4) is 0 Å². The Morgan fingerprint density at radius 2 is 1.31 bits per heavy atom. The van der Waals surface area contributed by atoms with Crippen molar-refractivity contribution < 1.29 is 24.0 Å². The second-order valence-electron chi connectivity index (χ2n) is 11.5. The maximum absolute atomic E-state index is 13.2. The molecule has 0 rings (SSSR count). The highest BCUT2D eigenvalue weighted by Gasteiger charge is 2.35. The molecule has 0 aliphatic rings. The number of hydrogen-bond donors (Lipinski definition) is 6. The molecule has 0 spiro atoms. The predicted molar refractivity (Wildman–Crippen MR) is 140 cm³/mol. The second kappa shape index (κ2) is 14.8. The number of primary amides is 1. The summed E-state index contributed by atoms with van der Waals surface area (Å²) in [7, 11) is 0. The molecule has 208 valence electrons. The maximum Gasteiger partial charge on any atom is 0.312 e. The van der Waals surface area contributed by atoms with Crippen LogP contribution in [-0.2, 0) is 19.2 Å². The summed E-state index contributed by atoms with van der Waals surface area (Å²) in [6, 6.07) is -3.24. The van der Waals surface area contributed by atoms with E-state index in [1.165, 1.54) is 0 Å². The zero-order valence-corrected chi connectivity index (χ0v) is 23.2. The standard InChI is InChI=1S/C25H48N6O5/c1-15(2)18(31-20(33)17(11-9-13-26)30-22(35)25(6,7)8)21(34)29-16(19(32)24(3,4)5)12-10-14-28-23(27)36/h15-18H,9-14,26H2,1-8H3,(H,29,34)(H,30,35)(H,31,33)(H3,27,28,36)/t16-,17-,18-/m0/s1. The first-order valence-electron chi connectivity index (χ1n) is 12.6. The number of Topliss-reactive ketones (excluding diaryl/α,β-unsaturated/α-hetero) is 1. The fraction of sp³-hybridized carbons (Fsp3) is 0.800. The Morgan fingerprint density at radius 1 is 0.750 bits per heavy atom. The van der Waals surface area contributed by atoms with E-state index < -0.39 is 46.8 Å². The van der Waals surface area contributed by atoms with Gasteiger partial charge in [-0.2, -0.15) is 0 Å². The first-order chi connectivity index (χ1) is 16.4. The van der Waals surface area contributed by atoms with Gasteiger partial charge in [-0.25, -0.2) is 4.79 Å². The molecule has 3 atom stereocenters. The lowest BCUT2D eigenvalue weighted by atomic mass is 9.84. The highest BCUT2D eigenvalue weighted by Crippen LogP contribution is 2.20. The van der Waals surface area contributed by atoms with Gasteiger partial charge in [0, 0.05) is 17.4 Å². The molecule has 36 heavy (non-hydrogen) atoms. The first kappa shape index (κ1) is 33.3. The Bertz CT molecular complexity index is 770. The molecule has 0 saturated carbocycles. The number of nitrogens with one attached hydrogen (secondary N) is 4. The van der Waals surface area contributed by atoms with E-state index in [-0.39, 0.29) is 24.2 Å². The van der Waals surface area contributed by atoms with Crippen molar-refractivity contribution in [2.45, 2.75) is 99.2 Å². The van der Waals surface area contributed by atoms with Gasteiger partial charge in [0.25, 0.3) is 0 Å². The van der Waals surface area contributed by atoms with Crippen LogP contribution in [0.1, 0.15) is 81.1 Å². The third kappa shape index (κ3) is 12.3. The number of carbonyl (C=O) groups is 5. The van der Waals surface area contributed by atoms with Crippen LogP contribution in [0, 0.1) is 16.7 Å². The molecule has 11 nitrogen and oxygen atoms in total. The number of hydrogen-bond acceptors (Lipinski definition) is 6. The molecule has 0 aliphatic carbocycles. The molecule has 0 aliphatic heterocycles. The minimum absolute atomic E-state index is 0.165. The Hall–Kier alpha value is -2.69. The van der Waals surface area contributed by atoms with Crippen molar-refractivity contribution in [3.05, 3.63) is 0 Å². The molecule has 0 aromatic carbocycles. The Kier molecular flexibility index (Phi) is 13.7. The SMILES string of the molecule is CC(C)[C@H](NC(=O)[C@H](CCCN)NC(=O)C(C)(C)C)C(=O)N[C@@H](CCCNC(N)=O)C(=O)C(C)(C)C. The second-order valence-corrected chi connectivity index (χ2v) is 11.5. The summed E-state index contributed by atoms with van der Waals surface area (Å²) in [4.78, 5) is 62.8. The van der Waals surface area contributed by atoms with Crippen molar-refractivity contribution in [1.82, 2.24) is 21.3 Å². The van der Waals surface area contributed by atoms with E-state index >= 15 is 0 Å². The van der Waals surface area contributed by atoms with Crippen molar-refractivity contribution in [3.8, 4) is 0 Å². The fourth-order valence-corrected chi connectivity index (χ4v) is 3.33. The third-order valence-electron chi connectivity index (χ3n) is 5.59. The summed E-state index contributed by atoms with van der Waals surface area (Å²) >= 11 is 0. The van der Waals surface area contributed by atoms with Crippen molar-refractivity contribution in [2.75, 3.05) is 13.1 Å². The lowest BCUT2D eigenvalue weighted by molar-refractivity contribution is -0.137. The van der Waals surface area contributed by atoms with E-state index in [0.717, 1.165) is 0 Å². The van der Waals surface area contributed by atoms with E-state index in [2.05, 4.69) is 21.3 Å². The normalized spacial score (nSPS) is 14.4. The van der Waals surface area contributed by atoms with Crippen LogP contribution >= 0.6 is 0 Å². The van der Waals surface area contributed by atoms with Gasteiger partial charge in [-0.05, 0) is 38.1 Å². The van der Waals surface area contributed by atoms with Crippen LogP contribution in [0.15, 0.2) is 0 Å². The first-order valence-corrected chi connectivity index (χ1v) is 12.6. The zero-order valence-electron chi connectivity index (χ0n) is 23.2. The summed E-state index contributed by atoms with van der Waals surface area (Å²) in [6.07, 6.45) is 1.56. The van der Waals surface area contributed by atoms with Crippen molar-refractivity contribution in [1.29, 1.82) is 0 Å². The number of rotatable bonds is 14. The molecule has 5 amide bonds. The van der Waals surface area contributed by atoms with Gasteiger partial charge >= 0.3 is 6.03 Å². The van der Waals surface area contributed by atoms with E-state index in [4.69, 9.17) is 11.5 Å². The van der Waals surface area contributed by atoms with Gasteiger partial charge in [-0.3, -0.25) is 19.2 Å². The molecular formula is C25H48N6O5. The highest BCUT2D eigenvalue weighted by atomic mass is 16.2. The Morgan fingerprint density at radius 3 is 1.75 bits per heavy atom. The number of nitrogens with two attached hydrogens (primary N) is 2. The third-order valence-corrected chi connectivity index (χ3v) is 5.59. The summed E-state index contributed by atoms with van der Waals surface area (Å²) in [6.45, 7) is 14.7. The average Bonchev–Trinajstić information content (AvgIpc) is 2.74. The summed E-state index contributed by atoms with van der Waals surface area (Å²) < 4.78 is 0. The number of ketones is 1. The lowest BCUT2D eigenvalue weighted by Crippen LogP contribution is -2.58. The van der Waals surface area contributed by atoms with Crippen molar-refractivity contribution in [2.24, 2.45) is 28.2 Å². The van der Waals surface area contributed by atoms with Crippen LogP contribution in [0.2, 0.25) is 0 Å². The zero-order chi connectivity index (χ0) is 28.3. The predicted octanol–water partition coefficient (Wildman–Crippen LogP) is 0.946. The van der Waals surface area contributed by atoms with Gasteiger partial charge in [0.15, 0.2) is 5.78 Å². The van der Waals surface area contributed by atoms with Crippen LogP contribution in [-0.4, -0.2) is 60.8 Å². The largest absolute Gasteiger partial charge is 0.352 e. The monoisotopic (exact) mass is 512 g/mol. The van der Waals surface area contributed by atoms with Gasteiger partial charge in [0.2, 0.25) is 17.7 Å². The average molecular weight is 513 g/mol. The molecule has 0 bridgehead atoms. The smallest absolute Gasteiger partial charge is 0.312 e. The van der Waals surface area contributed by atoms with Gasteiger partial charge in [0.05, 0.1) is 6.04 Å². The van der Waals surface area contributed by atoms with Crippen LogP contribution in [0.5, 0.6) is 0 Å².